The lowest BCUT2D eigenvalue weighted by Gasteiger charge is -2.14. The molecule has 1 aromatic rings. The number of hydrogen-bond acceptors (Lipinski definition) is 4. The van der Waals surface area contributed by atoms with Gasteiger partial charge in [0.1, 0.15) is 6.61 Å². The van der Waals surface area contributed by atoms with Gasteiger partial charge in [-0.3, -0.25) is 9.59 Å². The molecule has 0 aliphatic carbocycles. The van der Waals surface area contributed by atoms with Crippen molar-refractivity contribution in [2.45, 2.75) is 20.5 Å². The van der Waals surface area contributed by atoms with Gasteiger partial charge in [0.2, 0.25) is 19.6 Å². The summed E-state index contributed by atoms with van der Waals surface area (Å²) in [7, 11) is 6.63. The molecule has 0 saturated heterocycles. The van der Waals surface area contributed by atoms with E-state index in [0.717, 1.165) is 22.4 Å². The van der Waals surface area contributed by atoms with Crippen LogP contribution >= 0.6 is 0 Å². The lowest BCUT2D eigenvalue weighted by atomic mass is 10.0. The number of aryl methyl sites for hydroxylation is 2. The molecule has 0 heterocycles. The minimum atomic E-state index is -0.804. The number of nitrogens with one attached hydrogen (secondary N) is 2. The van der Waals surface area contributed by atoms with E-state index in [9.17, 15) is 9.59 Å². The van der Waals surface area contributed by atoms with Gasteiger partial charge < -0.3 is 15.4 Å². The quantitative estimate of drug-likeness (QED) is 0.782. The third-order valence-electron chi connectivity index (χ3n) is 2.58. The Hall–Kier alpha value is -1.82. The molecule has 100 valence electrons. The molecular weight excluding hydrogens is 243 g/mol. The number of carbonyl (C=O) groups excluding carboxylic acids is 2. The van der Waals surface area contributed by atoms with E-state index in [1.54, 1.807) is 7.05 Å². The summed E-state index contributed by atoms with van der Waals surface area (Å²) in [6.45, 7) is 4.15. The van der Waals surface area contributed by atoms with Gasteiger partial charge in [0, 0.05) is 5.69 Å². The van der Waals surface area contributed by atoms with Crippen molar-refractivity contribution in [1.82, 2.24) is 5.32 Å². The van der Waals surface area contributed by atoms with Crippen LogP contribution in [0, 0.1) is 13.8 Å². The van der Waals surface area contributed by atoms with E-state index in [1.165, 1.54) is 0 Å². The molecule has 2 N–H and O–H groups in total. The zero-order valence-electron chi connectivity index (χ0n) is 11.4. The molecule has 2 radical (unpaired) electrons. The molecule has 0 atom stereocenters. The second kappa shape index (κ2) is 6.94. The Morgan fingerprint density at radius 3 is 2.32 bits per heavy atom. The van der Waals surface area contributed by atoms with Crippen LogP contribution in [0.3, 0.4) is 0 Å². The van der Waals surface area contributed by atoms with Crippen LogP contribution in [0.2, 0.25) is 0 Å². The summed E-state index contributed by atoms with van der Waals surface area (Å²) in [5, 5.41) is 5.62. The van der Waals surface area contributed by atoms with E-state index in [1.807, 2.05) is 26.0 Å². The fraction of sp³-hybridized carbons (Fsp3) is 0.385. The average molecular weight is 260 g/mol. The zero-order chi connectivity index (χ0) is 14.4. The molecule has 0 aliphatic heterocycles. The summed E-state index contributed by atoms with van der Waals surface area (Å²) in [6.07, 6.45) is 0. The molecule has 1 aromatic carbocycles. The first-order valence-electron chi connectivity index (χ1n) is 5.91. The molecule has 5 nitrogen and oxygen atoms in total. The van der Waals surface area contributed by atoms with Crippen LogP contribution < -0.4 is 10.6 Å². The molecule has 0 unspecified atom stereocenters. The third kappa shape index (κ3) is 4.75. The number of likely N-dealkylation sites (N-methyl/N-ethyl adjacent to an activating group) is 1. The van der Waals surface area contributed by atoms with E-state index in [4.69, 9.17) is 12.6 Å². The first-order chi connectivity index (χ1) is 8.93. The van der Waals surface area contributed by atoms with E-state index in [-0.39, 0.29) is 19.1 Å². The van der Waals surface area contributed by atoms with Crippen LogP contribution in [0.5, 0.6) is 0 Å². The lowest BCUT2D eigenvalue weighted by molar-refractivity contribution is -0.115. The van der Waals surface area contributed by atoms with E-state index < -0.39 is 5.87 Å². The Kier molecular flexibility index (Phi) is 5.57. The molecule has 1 rings (SSSR count). The molecule has 0 fully saturated rings. The average Bonchev–Trinajstić information content (AvgIpc) is 2.31. The summed E-state index contributed by atoms with van der Waals surface area (Å²) < 4.78 is 4.74. The van der Waals surface area contributed by atoms with E-state index in [2.05, 4.69) is 10.6 Å². The molecule has 0 saturated carbocycles. The smallest absolute Gasteiger partial charge is 0.238 e. The van der Waals surface area contributed by atoms with Crippen LogP contribution in [-0.2, 0) is 16.1 Å². The number of ether oxygens (including phenoxy) is 1. The first kappa shape index (κ1) is 15.2. The van der Waals surface area contributed by atoms with E-state index in [0.29, 0.717) is 0 Å². The number of rotatable bonds is 5. The van der Waals surface area contributed by atoms with Gasteiger partial charge >= 0.3 is 0 Å². The largest absolute Gasteiger partial charge is 0.470 e. The highest BCUT2D eigenvalue weighted by molar-refractivity contribution is 6.55. The van der Waals surface area contributed by atoms with Crippen LogP contribution in [0.4, 0.5) is 10.5 Å². The minimum absolute atomic E-state index is 0.102. The Balaban J connectivity index is 2.85. The molecule has 1 amide bonds. The Morgan fingerprint density at radius 1 is 1.26 bits per heavy atom. The molecule has 6 heteroatoms. The van der Waals surface area contributed by atoms with Crippen LogP contribution in [0.15, 0.2) is 12.1 Å². The van der Waals surface area contributed by atoms with Gasteiger partial charge in [-0.15, -0.1) is 0 Å². The zero-order valence-corrected chi connectivity index (χ0v) is 11.4. The molecule has 0 spiro atoms. The first-order valence-corrected chi connectivity index (χ1v) is 5.91. The molecule has 0 bridgehead atoms. The van der Waals surface area contributed by atoms with Crippen LogP contribution in [-0.4, -0.2) is 33.2 Å². The minimum Gasteiger partial charge on any atom is -0.470 e. The maximum absolute atomic E-state index is 11.6. The van der Waals surface area contributed by atoms with Crippen LogP contribution in [0.1, 0.15) is 16.7 Å². The van der Waals surface area contributed by atoms with Crippen molar-refractivity contribution in [1.29, 1.82) is 0 Å². The third-order valence-corrected chi connectivity index (χ3v) is 2.58. The summed E-state index contributed by atoms with van der Waals surface area (Å²) in [6, 6.07) is 3.70. The summed E-state index contributed by atoms with van der Waals surface area (Å²) >= 11 is 0. The highest BCUT2D eigenvalue weighted by Gasteiger charge is 2.09. The predicted octanol–water partition coefficient (Wildman–Crippen LogP) is 1.27. The molecule has 19 heavy (non-hydrogen) atoms. The normalized spacial score (nSPS) is 10.1. The van der Waals surface area contributed by atoms with Gasteiger partial charge in [-0.2, -0.15) is 0 Å². The van der Waals surface area contributed by atoms with Gasteiger partial charge in [-0.25, -0.2) is 0 Å². The second-order valence-corrected chi connectivity index (χ2v) is 4.29. The Labute approximate surface area is 114 Å². The topological polar surface area (TPSA) is 67.4 Å². The lowest BCUT2D eigenvalue weighted by Crippen LogP contribution is -2.25. The van der Waals surface area contributed by atoms with Crippen LogP contribution in [0.25, 0.3) is 0 Å². The molecule has 0 aliphatic rings. The highest BCUT2D eigenvalue weighted by Crippen LogP contribution is 2.22. The number of carbonyl (C=O) groups is 2. The van der Waals surface area contributed by atoms with Crippen molar-refractivity contribution in [3.05, 3.63) is 28.8 Å². The number of amides is 1. The Bertz CT molecular complexity index is 466. The van der Waals surface area contributed by atoms with Gasteiger partial charge in [-0.1, -0.05) is 12.1 Å². The van der Waals surface area contributed by atoms with Crippen molar-refractivity contribution in [2.24, 2.45) is 0 Å². The summed E-state index contributed by atoms with van der Waals surface area (Å²) in [5.74, 6) is -0.906. The number of benzene rings is 1. The van der Waals surface area contributed by atoms with Crippen molar-refractivity contribution in [3.8, 4) is 0 Å². The fourth-order valence-electron chi connectivity index (χ4n) is 1.83. The Morgan fingerprint density at radius 2 is 1.84 bits per heavy atom. The maximum atomic E-state index is 11.6. The fourth-order valence-corrected chi connectivity index (χ4v) is 1.83. The van der Waals surface area contributed by atoms with Crippen molar-refractivity contribution in [2.75, 3.05) is 18.9 Å². The van der Waals surface area contributed by atoms with Crippen molar-refractivity contribution >= 4 is 25.3 Å². The number of hydrogen-bond donors (Lipinski definition) is 2. The number of anilines is 1. The summed E-state index contributed by atoms with van der Waals surface area (Å²) in [5.41, 5.74) is 3.43. The highest BCUT2D eigenvalue weighted by atomic mass is 16.5. The van der Waals surface area contributed by atoms with Gasteiger partial charge in [0.25, 0.3) is 0 Å². The predicted molar refractivity (Wildman–Crippen MR) is 74.4 cm³/mol. The van der Waals surface area contributed by atoms with Gasteiger partial charge in [0.15, 0.2) is 0 Å². The van der Waals surface area contributed by atoms with Gasteiger partial charge in [-0.05, 0) is 37.6 Å². The van der Waals surface area contributed by atoms with E-state index >= 15 is 0 Å². The molecular formula is C13H17BN2O3. The standard InChI is InChI=1S/C13H17BN2O3/c1-8-4-10(7-19-13(14)18)5-9(2)12(8)16-11(17)6-15-3/h4-5,15H,6-7H2,1-3H3,(H,16,17). The van der Waals surface area contributed by atoms with Crippen molar-refractivity contribution < 1.29 is 14.3 Å². The second-order valence-electron chi connectivity index (χ2n) is 4.29. The van der Waals surface area contributed by atoms with Gasteiger partial charge in [0.05, 0.1) is 6.54 Å². The monoisotopic (exact) mass is 260 g/mol. The molecule has 0 aromatic heterocycles. The maximum Gasteiger partial charge on any atom is 0.238 e. The summed E-state index contributed by atoms with van der Waals surface area (Å²) in [4.78, 5) is 22.1. The van der Waals surface area contributed by atoms with Crippen molar-refractivity contribution in [3.63, 3.8) is 0 Å². The SMILES string of the molecule is [B]C(=O)OCc1cc(C)c(NC(=O)CNC)c(C)c1.